The molecule has 2 aromatic rings. The minimum atomic E-state index is 0.176. The predicted octanol–water partition coefficient (Wildman–Crippen LogP) is 3.02. The fraction of sp³-hybridized carbons (Fsp3) is 0.571. The molecule has 1 aliphatic carbocycles. The van der Waals surface area contributed by atoms with Crippen molar-refractivity contribution in [3.63, 3.8) is 0 Å². The molecule has 7 heteroatoms. The van der Waals surface area contributed by atoms with E-state index in [2.05, 4.69) is 26.4 Å². The normalized spacial score (nSPS) is 23.5. The Kier molecular flexibility index (Phi) is 6.22. The molecule has 1 aromatic carbocycles. The summed E-state index contributed by atoms with van der Waals surface area (Å²) in [6.07, 6.45) is 4.79. The Morgan fingerprint density at radius 3 is 2.71 bits per heavy atom. The number of anilines is 1. The quantitative estimate of drug-likeness (QED) is 0.837. The largest absolute Gasteiger partial charge is 0.352 e. The van der Waals surface area contributed by atoms with Gasteiger partial charge in [-0.1, -0.05) is 50.1 Å². The van der Waals surface area contributed by atoms with Gasteiger partial charge >= 0.3 is 0 Å². The zero-order chi connectivity index (χ0) is 19.3. The van der Waals surface area contributed by atoms with Crippen molar-refractivity contribution in [3.8, 4) is 11.4 Å². The average Bonchev–Trinajstić information content (AvgIpc) is 3.19. The van der Waals surface area contributed by atoms with Crippen molar-refractivity contribution in [1.29, 1.82) is 0 Å². The zero-order valence-electron chi connectivity index (χ0n) is 16.5. The van der Waals surface area contributed by atoms with Crippen LogP contribution in [0.5, 0.6) is 0 Å². The Labute approximate surface area is 171 Å². The lowest BCUT2D eigenvalue weighted by Crippen LogP contribution is -2.51. The molecule has 0 spiro atoms. The van der Waals surface area contributed by atoms with E-state index in [4.69, 9.17) is 4.98 Å². The molecule has 2 atom stereocenters. The monoisotopic (exact) mass is 399 g/mol. The van der Waals surface area contributed by atoms with Crippen molar-refractivity contribution < 1.29 is 4.79 Å². The number of carbonyl (C=O) groups is 1. The summed E-state index contributed by atoms with van der Waals surface area (Å²) in [6.45, 7) is 6.33. The maximum Gasteiger partial charge on any atom is 0.234 e. The van der Waals surface area contributed by atoms with Crippen molar-refractivity contribution in [2.45, 2.75) is 38.6 Å². The third-order valence-corrected chi connectivity index (χ3v) is 6.54. The molecule has 1 saturated carbocycles. The van der Waals surface area contributed by atoms with Crippen LogP contribution in [0, 0.1) is 5.92 Å². The van der Waals surface area contributed by atoms with Crippen LogP contribution >= 0.6 is 11.5 Å². The van der Waals surface area contributed by atoms with E-state index in [1.165, 1.54) is 24.4 Å². The number of rotatable bonds is 5. The number of hydrogen-bond donors (Lipinski definition) is 1. The second-order valence-electron chi connectivity index (χ2n) is 8.07. The van der Waals surface area contributed by atoms with Gasteiger partial charge in [0.25, 0.3) is 0 Å². The zero-order valence-corrected chi connectivity index (χ0v) is 17.3. The first-order chi connectivity index (χ1) is 13.7. The molecule has 2 fully saturated rings. The molecule has 150 valence electrons. The van der Waals surface area contributed by atoms with Crippen LogP contribution in [0.4, 0.5) is 5.13 Å². The van der Waals surface area contributed by atoms with Gasteiger partial charge in [-0.05, 0) is 18.8 Å². The molecule has 1 aliphatic heterocycles. The van der Waals surface area contributed by atoms with E-state index >= 15 is 0 Å². The topological polar surface area (TPSA) is 61.4 Å². The summed E-state index contributed by atoms with van der Waals surface area (Å²) < 4.78 is 4.51. The Balaban J connectivity index is 1.24. The molecular weight excluding hydrogens is 370 g/mol. The molecule has 1 amide bonds. The Bertz CT molecular complexity index is 772. The number of amides is 1. The van der Waals surface area contributed by atoms with Gasteiger partial charge < -0.3 is 10.2 Å². The number of carbonyl (C=O) groups excluding carboxylic acids is 1. The van der Waals surface area contributed by atoms with Gasteiger partial charge in [0.15, 0.2) is 5.82 Å². The molecule has 28 heavy (non-hydrogen) atoms. The third kappa shape index (κ3) is 4.89. The maximum atomic E-state index is 12.4. The van der Waals surface area contributed by atoms with Crippen LogP contribution < -0.4 is 10.2 Å². The van der Waals surface area contributed by atoms with Gasteiger partial charge in [-0.25, -0.2) is 0 Å². The van der Waals surface area contributed by atoms with E-state index in [-0.39, 0.29) is 5.91 Å². The van der Waals surface area contributed by atoms with Crippen LogP contribution in [0.15, 0.2) is 30.3 Å². The molecule has 0 bridgehead atoms. The number of nitrogens with one attached hydrogen (secondary N) is 1. The fourth-order valence-electron chi connectivity index (χ4n) is 4.19. The van der Waals surface area contributed by atoms with Crippen molar-refractivity contribution in [2.24, 2.45) is 5.92 Å². The van der Waals surface area contributed by atoms with E-state index in [1.54, 1.807) is 0 Å². The molecule has 6 nitrogen and oxygen atoms in total. The summed E-state index contributed by atoms with van der Waals surface area (Å²) in [5.74, 6) is 1.70. The first-order valence-corrected chi connectivity index (χ1v) is 11.1. The summed E-state index contributed by atoms with van der Waals surface area (Å²) in [5, 5.41) is 4.22. The molecule has 0 radical (unpaired) electrons. The molecular formula is C21H29N5OS. The van der Waals surface area contributed by atoms with E-state index in [1.807, 2.05) is 30.3 Å². The Morgan fingerprint density at radius 2 is 1.96 bits per heavy atom. The summed E-state index contributed by atoms with van der Waals surface area (Å²) in [5.41, 5.74) is 1.05. The molecule has 1 aromatic heterocycles. The first kappa shape index (κ1) is 19.3. The van der Waals surface area contributed by atoms with Gasteiger partial charge in [-0.2, -0.15) is 9.36 Å². The van der Waals surface area contributed by atoms with Gasteiger partial charge in [0, 0.05) is 49.3 Å². The first-order valence-electron chi connectivity index (χ1n) is 10.3. The van der Waals surface area contributed by atoms with E-state index in [9.17, 15) is 4.79 Å². The highest BCUT2D eigenvalue weighted by molar-refractivity contribution is 7.09. The van der Waals surface area contributed by atoms with Crippen molar-refractivity contribution in [1.82, 2.24) is 19.6 Å². The van der Waals surface area contributed by atoms with Gasteiger partial charge in [-0.3, -0.25) is 9.69 Å². The number of aromatic nitrogens is 2. The summed E-state index contributed by atoms with van der Waals surface area (Å²) in [4.78, 5) is 21.6. The van der Waals surface area contributed by atoms with Gasteiger partial charge in [0.05, 0.1) is 6.54 Å². The number of hydrogen-bond acceptors (Lipinski definition) is 6. The minimum absolute atomic E-state index is 0.176. The van der Waals surface area contributed by atoms with Crippen LogP contribution in [-0.4, -0.2) is 58.9 Å². The Hall–Kier alpha value is -1.99. The lowest BCUT2D eigenvalue weighted by Gasteiger charge is -2.34. The van der Waals surface area contributed by atoms with Crippen LogP contribution in [0.1, 0.15) is 32.6 Å². The Morgan fingerprint density at radius 1 is 1.18 bits per heavy atom. The second kappa shape index (κ2) is 9.01. The lowest BCUT2D eigenvalue weighted by atomic mass is 9.87. The summed E-state index contributed by atoms with van der Waals surface area (Å²) >= 11 is 1.46. The van der Waals surface area contributed by atoms with Crippen LogP contribution in [0.3, 0.4) is 0 Å². The van der Waals surface area contributed by atoms with Gasteiger partial charge in [0.2, 0.25) is 11.0 Å². The molecule has 1 N–H and O–H groups in total. The fourth-order valence-corrected chi connectivity index (χ4v) is 4.93. The van der Waals surface area contributed by atoms with Crippen molar-refractivity contribution in [2.75, 3.05) is 37.6 Å². The van der Waals surface area contributed by atoms with Crippen LogP contribution in [0.25, 0.3) is 11.4 Å². The highest BCUT2D eigenvalue weighted by atomic mass is 32.1. The third-order valence-electron chi connectivity index (χ3n) is 5.76. The minimum Gasteiger partial charge on any atom is -0.352 e. The van der Waals surface area contributed by atoms with Crippen LogP contribution in [-0.2, 0) is 4.79 Å². The molecule has 2 heterocycles. The predicted molar refractivity (Wildman–Crippen MR) is 114 cm³/mol. The smallest absolute Gasteiger partial charge is 0.234 e. The van der Waals surface area contributed by atoms with Crippen LogP contribution in [0.2, 0.25) is 0 Å². The van der Waals surface area contributed by atoms with Gasteiger partial charge in [-0.15, -0.1) is 0 Å². The van der Waals surface area contributed by atoms with Crippen molar-refractivity contribution >= 4 is 22.6 Å². The van der Waals surface area contributed by atoms with E-state index in [0.29, 0.717) is 12.6 Å². The second-order valence-corrected chi connectivity index (χ2v) is 8.80. The molecule has 1 saturated heterocycles. The molecule has 2 unspecified atom stereocenters. The highest BCUT2D eigenvalue weighted by Gasteiger charge is 2.24. The highest BCUT2D eigenvalue weighted by Crippen LogP contribution is 2.25. The standard InChI is InChI=1S/C21H29N5OS/c1-16-6-5-9-18(14-16)22-19(27)15-25-10-12-26(13-11-25)21-23-20(24-28-21)17-7-3-2-4-8-17/h2-4,7-8,16,18H,5-6,9-15H2,1H3,(H,22,27). The van der Waals surface area contributed by atoms with Gasteiger partial charge in [0.1, 0.15) is 0 Å². The van der Waals surface area contributed by atoms with E-state index in [0.717, 1.165) is 61.5 Å². The van der Waals surface area contributed by atoms with Crippen molar-refractivity contribution in [3.05, 3.63) is 30.3 Å². The number of nitrogens with zero attached hydrogens (tertiary/aromatic N) is 4. The lowest BCUT2D eigenvalue weighted by molar-refractivity contribution is -0.123. The van der Waals surface area contributed by atoms with E-state index < -0.39 is 0 Å². The molecule has 2 aliphatic rings. The summed E-state index contributed by atoms with van der Waals surface area (Å²) in [6, 6.07) is 10.5. The number of benzene rings is 1. The molecule has 4 rings (SSSR count). The SMILES string of the molecule is CC1CCCC(NC(=O)CN2CCN(c3nc(-c4ccccc4)ns3)CC2)C1. The maximum absolute atomic E-state index is 12.4. The summed E-state index contributed by atoms with van der Waals surface area (Å²) in [7, 11) is 0. The average molecular weight is 400 g/mol. The number of piperazine rings is 1.